The lowest BCUT2D eigenvalue weighted by atomic mass is 10.6. The standard InChI is InChI=1S/C5H4N2OS/c8-9-1-4-5(2-9)7-3-6-4/h1-3H,(H,6,7). The Bertz CT molecular complexity index is 332. The van der Waals surface area contributed by atoms with E-state index in [4.69, 9.17) is 0 Å². The predicted molar refractivity (Wildman–Crippen MR) is 34.9 cm³/mol. The summed E-state index contributed by atoms with van der Waals surface area (Å²) in [6, 6.07) is 0. The minimum atomic E-state index is -0.932. The van der Waals surface area contributed by atoms with E-state index in [2.05, 4.69) is 9.97 Å². The fourth-order valence-corrected chi connectivity index (χ4v) is 1.66. The van der Waals surface area contributed by atoms with Gasteiger partial charge in [0.05, 0.1) is 27.8 Å². The lowest BCUT2D eigenvalue weighted by Crippen LogP contribution is -2.19. The number of nitrogens with one attached hydrogen (secondary N) is 1. The van der Waals surface area contributed by atoms with E-state index in [0.717, 1.165) is 10.7 Å². The topological polar surface area (TPSA) is 45.8 Å². The number of nitrogens with zero attached hydrogens (tertiary/aromatic N) is 1. The van der Waals surface area contributed by atoms with Crippen LogP contribution in [0.15, 0.2) is 6.33 Å². The molecule has 0 amide bonds. The Hall–Kier alpha value is -0.900. The zero-order valence-electron chi connectivity index (χ0n) is 4.50. The van der Waals surface area contributed by atoms with Gasteiger partial charge in [-0.05, 0) is 0 Å². The van der Waals surface area contributed by atoms with Gasteiger partial charge in [-0.1, -0.05) is 0 Å². The van der Waals surface area contributed by atoms with E-state index in [0.29, 0.717) is 0 Å². The Kier molecular flexibility index (Phi) is 0.843. The van der Waals surface area contributed by atoms with Crippen molar-refractivity contribution in [1.82, 2.24) is 9.97 Å². The highest BCUT2D eigenvalue weighted by atomic mass is 32.2. The van der Waals surface area contributed by atoms with Crippen LogP contribution in [0.1, 0.15) is 0 Å². The van der Waals surface area contributed by atoms with Crippen LogP contribution in [0.5, 0.6) is 0 Å². The Morgan fingerprint density at radius 2 is 2.44 bits per heavy atom. The van der Waals surface area contributed by atoms with Gasteiger partial charge in [-0.25, -0.2) is 4.98 Å². The smallest absolute Gasteiger partial charge is 0.0980 e. The minimum absolute atomic E-state index is 0.799. The molecule has 0 bridgehead atoms. The molecule has 1 aliphatic rings. The molecule has 2 rings (SSSR count). The molecule has 0 aromatic carbocycles. The molecule has 0 saturated carbocycles. The molecule has 2 heterocycles. The van der Waals surface area contributed by atoms with Gasteiger partial charge in [0.15, 0.2) is 0 Å². The zero-order chi connectivity index (χ0) is 6.27. The first kappa shape index (κ1) is 4.93. The summed E-state index contributed by atoms with van der Waals surface area (Å²) in [4.78, 5) is 6.77. The monoisotopic (exact) mass is 140 g/mol. The number of hydrogen-bond acceptors (Lipinski definition) is 2. The van der Waals surface area contributed by atoms with E-state index < -0.39 is 10.8 Å². The van der Waals surface area contributed by atoms with Crippen LogP contribution in [-0.4, -0.2) is 14.2 Å². The first-order chi connectivity index (χ1) is 4.36. The summed E-state index contributed by atoms with van der Waals surface area (Å²) in [5.74, 6) is 0. The summed E-state index contributed by atoms with van der Waals surface area (Å²) in [5, 5.41) is 4.93. The molecule has 1 aromatic rings. The fourth-order valence-electron chi connectivity index (χ4n) is 0.763. The van der Waals surface area contributed by atoms with Crippen molar-refractivity contribution in [3.05, 3.63) is 17.0 Å². The fraction of sp³-hybridized carbons (Fsp3) is 0. The number of aromatic nitrogens is 2. The minimum Gasteiger partial charge on any atom is -0.344 e. The van der Waals surface area contributed by atoms with Gasteiger partial charge in [0.25, 0.3) is 0 Å². The van der Waals surface area contributed by atoms with Gasteiger partial charge < -0.3 is 4.98 Å². The predicted octanol–water partition coefficient (Wildman–Crippen LogP) is -1.35. The molecule has 9 heavy (non-hydrogen) atoms. The second-order valence-electron chi connectivity index (χ2n) is 1.77. The lowest BCUT2D eigenvalue weighted by Gasteiger charge is -1.69. The van der Waals surface area contributed by atoms with Gasteiger partial charge in [0, 0.05) is 10.8 Å². The Balaban J connectivity index is 3.01. The molecule has 0 aliphatic carbocycles. The average Bonchev–Trinajstić information content (AvgIpc) is 2.22. The second kappa shape index (κ2) is 1.54. The molecule has 0 spiro atoms. The maximum absolute atomic E-state index is 10.7. The number of hydrogen-bond donors (Lipinski definition) is 1. The molecule has 1 unspecified atom stereocenters. The van der Waals surface area contributed by atoms with Crippen LogP contribution in [0.4, 0.5) is 0 Å². The molecule has 0 radical (unpaired) electrons. The van der Waals surface area contributed by atoms with Crippen molar-refractivity contribution in [3.63, 3.8) is 0 Å². The number of rotatable bonds is 0. The number of H-pyrrole nitrogens is 1. The summed E-state index contributed by atoms with van der Waals surface area (Å²) >= 11 is 0. The first-order valence-corrected chi connectivity index (χ1v) is 3.76. The first-order valence-electron chi connectivity index (χ1n) is 2.49. The highest BCUT2D eigenvalue weighted by Crippen LogP contribution is 1.86. The van der Waals surface area contributed by atoms with Crippen molar-refractivity contribution in [2.24, 2.45) is 0 Å². The molecule has 46 valence electrons. The average molecular weight is 140 g/mol. The summed E-state index contributed by atoms with van der Waals surface area (Å²) in [5.41, 5.74) is 0. The normalized spacial score (nSPS) is 16.4. The molecule has 0 fully saturated rings. The number of aromatic amines is 1. The van der Waals surface area contributed by atoms with Gasteiger partial charge in [0.2, 0.25) is 0 Å². The molecule has 4 heteroatoms. The van der Waals surface area contributed by atoms with Crippen molar-refractivity contribution >= 4 is 21.6 Å². The van der Waals surface area contributed by atoms with E-state index in [-0.39, 0.29) is 0 Å². The van der Waals surface area contributed by atoms with E-state index in [1.807, 2.05) is 0 Å². The molecule has 3 nitrogen and oxygen atoms in total. The van der Waals surface area contributed by atoms with Gasteiger partial charge in [-0.3, -0.25) is 4.21 Å². The molecule has 0 saturated heterocycles. The van der Waals surface area contributed by atoms with Crippen LogP contribution >= 0.6 is 0 Å². The number of imidazole rings is 1. The molecule has 1 atom stereocenters. The van der Waals surface area contributed by atoms with Gasteiger partial charge >= 0.3 is 0 Å². The summed E-state index contributed by atoms with van der Waals surface area (Å²) in [6.07, 6.45) is 1.59. The molecule has 1 N–H and O–H groups in total. The van der Waals surface area contributed by atoms with E-state index in [9.17, 15) is 4.21 Å². The molecular formula is C5H4N2OS. The Morgan fingerprint density at radius 1 is 1.56 bits per heavy atom. The van der Waals surface area contributed by atoms with Crippen LogP contribution in [0, 0.1) is 0 Å². The highest BCUT2D eigenvalue weighted by molar-refractivity contribution is 8.00. The van der Waals surface area contributed by atoms with E-state index >= 15 is 0 Å². The van der Waals surface area contributed by atoms with Crippen molar-refractivity contribution < 1.29 is 4.21 Å². The molecular weight excluding hydrogens is 136 g/mol. The summed E-state index contributed by atoms with van der Waals surface area (Å²) in [6.45, 7) is 0. The van der Waals surface area contributed by atoms with E-state index in [1.54, 1.807) is 17.1 Å². The van der Waals surface area contributed by atoms with Crippen LogP contribution in [0.2, 0.25) is 0 Å². The number of fused-ring (bicyclic) bond motifs is 1. The van der Waals surface area contributed by atoms with Crippen LogP contribution in [0.25, 0.3) is 10.8 Å². The van der Waals surface area contributed by atoms with Crippen molar-refractivity contribution in [2.75, 3.05) is 0 Å². The highest BCUT2D eigenvalue weighted by Gasteiger charge is 1.99. The summed E-state index contributed by atoms with van der Waals surface area (Å²) < 4.78 is 10.7. The lowest BCUT2D eigenvalue weighted by molar-refractivity contribution is 0.695. The van der Waals surface area contributed by atoms with Gasteiger partial charge in [0.1, 0.15) is 0 Å². The molecule has 1 aliphatic heterocycles. The Morgan fingerprint density at radius 3 is 3.22 bits per heavy atom. The van der Waals surface area contributed by atoms with Crippen molar-refractivity contribution in [1.29, 1.82) is 0 Å². The summed E-state index contributed by atoms with van der Waals surface area (Å²) in [7, 11) is -0.932. The van der Waals surface area contributed by atoms with Crippen LogP contribution in [0.3, 0.4) is 0 Å². The SMILES string of the molecule is O=S1C=c2nc[nH]c2=C1. The van der Waals surface area contributed by atoms with Crippen LogP contribution < -0.4 is 10.7 Å². The van der Waals surface area contributed by atoms with Crippen molar-refractivity contribution in [2.45, 2.75) is 0 Å². The van der Waals surface area contributed by atoms with Gasteiger partial charge in [-0.2, -0.15) is 0 Å². The maximum Gasteiger partial charge on any atom is 0.0980 e. The third-order valence-electron chi connectivity index (χ3n) is 1.16. The third-order valence-corrected chi connectivity index (χ3v) is 2.09. The second-order valence-corrected chi connectivity index (χ2v) is 2.89. The third kappa shape index (κ3) is 0.632. The zero-order valence-corrected chi connectivity index (χ0v) is 5.31. The Labute approximate surface area is 53.6 Å². The van der Waals surface area contributed by atoms with E-state index in [1.165, 1.54) is 0 Å². The largest absolute Gasteiger partial charge is 0.344 e. The molecule has 1 aromatic heterocycles. The van der Waals surface area contributed by atoms with Crippen molar-refractivity contribution in [3.8, 4) is 0 Å². The van der Waals surface area contributed by atoms with Gasteiger partial charge in [-0.15, -0.1) is 0 Å². The van der Waals surface area contributed by atoms with Crippen LogP contribution in [-0.2, 0) is 10.8 Å². The quantitative estimate of drug-likeness (QED) is 0.484. The maximum atomic E-state index is 10.7.